The lowest BCUT2D eigenvalue weighted by atomic mass is 9.89. The largest absolute Gasteiger partial charge is 0.369 e. The van der Waals surface area contributed by atoms with Crippen LogP contribution in [0.3, 0.4) is 0 Å². The summed E-state index contributed by atoms with van der Waals surface area (Å²) in [5.74, 6) is 0.168. The summed E-state index contributed by atoms with van der Waals surface area (Å²) in [6.07, 6.45) is 4.69. The Bertz CT molecular complexity index is 368. The zero-order valence-corrected chi connectivity index (χ0v) is 10.9. The van der Waals surface area contributed by atoms with Crippen LogP contribution in [0.4, 0.5) is 0 Å². The van der Waals surface area contributed by atoms with Gasteiger partial charge in [-0.05, 0) is 18.4 Å². The summed E-state index contributed by atoms with van der Waals surface area (Å²) in [6, 6.07) is 0.393. The van der Waals surface area contributed by atoms with E-state index in [2.05, 4.69) is 26.8 Å². The van der Waals surface area contributed by atoms with E-state index in [0.717, 1.165) is 54.7 Å². The molecule has 1 fully saturated rings. The summed E-state index contributed by atoms with van der Waals surface area (Å²) in [6.45, 7) is 6.45. The fourth-order valence-electron chi connectivity index (χ4n) is 2.49. The monoisotopic (exact) mass is 236 g/mol. The van der Waals surface area contributed by atoms with E-state index in [4.69, 9.17) is 4.74 Å². The zero-order chi connectivity index (χ0) is 12.5. The number of ketones is 1. The Hall–Kier alpha value is -0.930. The predicted molar refractivity (Wildman–Crippen MR) is 67.7 cm³/mol. The van der Waals surface area contributed by atoms with Crippen molar-refractivity contribution in [1.29, 1.82) is 0 Å². The van der Waals surface area contributed by atoms with Gasteiger partial charge in [0.1, 0.15) is 12.6 Å². The van der Waals surface area contributed by atoms with Gasteiger partial charge in [0.2, 0.25) is 0 Å². The first-order valence-corrected chi connectivity index (χ1v) is 6.32. The average molecular weight is 236 g/mol. The molecule has 0 saturated carbocycles. The molecule has 1 unspecified atom stereocenters. The smallest absolute Gasteiger partial charge is 0.184 e. The number of rotatable bonds is 2. The molecule has 0 amide bonds. The van der Waals surface area contributed by atoms with Crippen LogP contribution in [0.25, 0.3) is 0 Å². The van der Waals surface area contributed by atoms with Gasteiger partial charge < -0.3 is 9.22 Å². The highest BCUT2D eigenvalue weighted by molar-refractivity contribution is 6.08. The molecule has 17 heavy (non-hydrogen) atoms. The van der Waals surface area contributed by atoms with Crippen LogP contribution in [0.1, 0.15) is 19.3 Å². The number of Topliss-reactive ketones (excluding diaryl/α,β-unsaturated/α-hetero) is 1. The fraction of sp³-hybridized carbons (Fsp3) is 0.643. The molecular formula is C14H22NO2+. The van der Waals surface area contributed by atoms with E-state index in [1.807, 2.05) is 0 Å². The molecule has 0 radical (unpaired) electrons. The first kappa shape index (κ1) is 12.5. The molecule has 1 saturated heterocycles. The van der Waals surface area contributed by atoms with Gasteiger partial charge in [-0.1, -0.05) is 12.7 Å². The second-order valence-corrected chi connectivity index (χ2v) is 5.64. The van der Waals surface area contributed by atoms with Crippen molar-refractivity contribution in [3.63, 3.8) is 0 Å². The zero-order valence-electron chi connectivity index (χ0n) is 10.9. The third kappa shape index (κ3) is 2.67. The highest BCUT2D eigenvalue weighted by Gasteiger charge is 2.34. The first-order valence-electron chi connectivity index (χ1n) is 6.32. The SMILES string of the molecule is C=C1CCC=C(CC2COCC[N+]2(C)C)C1=O. The third-order valence-corrected chi connectivity index (χ3v) is 4.02. The second kappa shape index (κ2) is 4.75. The Morgan fingerprint density at radius 3 is 3.00 bits per heavy atom. The number of morpholine rings is 1. The van der Waals surface area contributed by atoms with Crippen molar-refractivity contribution in [3.05, 3.63) is 23.8 Å². The van der Waals surface area contributed by atoms with E-state index >= 15 is 0 Å². The summed E-state index contributed by atoms with van der Waals surface area (Å²) in [4.78, 5) is 12.0. The van der Waals surface area contributed by atoms with Crippen LogP contribution < -0.4 is 0 Å². The van der Waals surface area contributed by atoms with Gasteiger partial charge in [-0.15, -0.1) is 0 Å². The molecule has 0 aromatic rings. The predicted octanol–water partition coefficient (Wildman–Crippen LogP) is 1.70. The summed E-state index contributed by atoms with van der Waals surface area (Å²) in [5.41, 5.74) is 1.72. The van der Waals surface area contributed by atoms with Gasteiger partial charge >= 0.3 is 0 Å². The molecule has 94 valence electrons. The van der Waals surface area contributed by atoms with Crippen molar-refractivity contribution in [2.24, 2.45) is 0 Å². The Balaban J connectivity index is 2.07. The van der Waals surface area contributed by atoms with Crippen molar-refractivity contribution < 1.29 is 14.0 Å². The Labute approximate surface area is 103 Å². The summed E-state index contributed by atoms with van der Waals surface area (Å²) in [5, 5.41) is 0. The molecule has 1 atom stereocenters. The van der Waals surface area contributed by atoms with Crippen LogP contribution in [0.15, 0.2) is 23.8 Å². The molecule has 0 N–H and O–H groups in total. The number of carbonyl (C=O) groups excluding carboxylic acids is 1. The average Bonchev–Trinajstić information content (AvgIpc) is 2.27. The highest BCUT2D eigenvalue weighted by atomic mass is 16.5. The number of hydrogen-bond donors (Lipinski definition) is 0. The fourth-order valence-corrected chi connectivity index (χ4v) is 2.49. The standard InChI is InChI=1S/C14H22NO2/c1-11-5-4-6-12(14(11)16)9-13-10-17-8-7-15(13,2)3/h6,13H,1,4-5,7-10H2,2-3H3/q+1. The maximum Gasteiger partial charge on any atom is 0.184 e. The molecule has 1 aliphatic heterocycles. The minimum absolute atomic E-state index is 0.168. The van der Waals surface area contributed by atoms with Gasteiger partial charge in [0.25, 0.3) is 0 Å². The maximum atomic E-state index is 12.0. The van der Waals surface area contributed by atoms with E-state index in [1.54, 1.807) is 0 Å². The molecule has 1 heterocycles. The molecule has 0 bridgehead atoms. The third-order valence-electron chi connectivity index (χ3n) is 4.02. The number of likely N-dealkylation sites (N-methyl/N-ethyl adjacent to an activating group) is 1. The number of hydrogen-bond acceptors (Lipinski definition) is 2. The van der Waals surface area contributed by atoms with Crippen LogP contribution in [0.2, 0.25) is 0 Å². The summed E-state index contributed by atoms with van der Waals surface area (Å²) < 4.78 is 6.49. The van der Waals surface area contributed by atoms with E-state index in [-0.39, 0.29) is 5.78 Å². The van der Waals surface area contributed by atoms with Gasteiger partial charge in [-0.3, -0.25) is 4.79 Å². The lowest BCUT2D eigenvalue weighted by molar-refractivity contribution is -0.922. The summed E-state index contributed by atoms with van der Waals surface area (Å²) in [7, 11) is 4.44. The van der Waals surface area contributed by atoms with Gasteiger partial charge in [0.05, 0.1) is 27.3 Å². The lowest BCUT2D eigenvalue weighted by Crippen LogP contribution is -2.56. The van der Waals surface area contributed by atoms with E-state index < -0.39 is 0 Å². The van der Waals surface area contributed by atoms with Crippen LogP contribution in [-0.4, -0.2) is 50.2 Å². The van der Waals surface area contributed by atoms with Crippen LogP contribution in [0.5, 0.6) is 0 Å². The van der Waals surface area contributed by atoms with Crippen molar-refractivity contribution in [3.8, 4) is 0 Å². The Morgan fingerprint density at radius 2 is 2.29 bits per heavy atom. The van der Waals surface area contributed by atoms with Crippen molar-refractivity contribution in [2.45, 2.75) is 25.3 Å². The van der Waals surface area contributed by atoms with Gasteiger partial charge in [0, 0.05) is 12.0 Å². The molecule has 1 aliphatic carbocycles. The number of quaternary nitrogens is 1. The number of ether oxygens (including phenoxy) is 1. The molecule has 3 nitrogen and oxygen atoms in total. The van der Waals surface area contributed by atoms with Crippen LogP contribution >= 0.6 is 0 Å². The molecule has 2 aliphatic rings. The van der Waals surface area contributed by atoms with Gasteiger partial charge in [0.15, 0.2) is 5.78 Å². The molecule has 0 aromatic carbocycles. The Morgan fingerprint density at radius 1 is 1.53 bits per heavy atom. The van der Waals surface area contributed by atoms with E-state index in [9.17, 15) is 4.79 Å². The molecule has 0 aromatic heterocycles. The minimum Gasteiger partial charge on any atom is -0.369 e. The lowest BCUT2D eigenvalue weighted by Gasteiger charge is -2.41. The molecular weight excluding hydrogens is 214 g/mol. The van der Waals surface area contributed by atoms with E-state index in [0.29, 0.717) is 6.04 Å². The number of nitrogens with zero attached hydrogens (tertiary/aromatic N) is 1. The normalized spacial score (nSPS) is 29.1. The highest BCUT2D eigenvalue weighted by Crippen LogP contribution is 2.26. The quantitative estimate of drug-likeness (QED) is 0.539. The number of carbonyl (C=O) groups is 1. The first-order chi connectivity index (χ1) is 8.00. The topological polar surface area (TPSA) is 26.3 Å². The van der Waals surface area contributed by atoms with Gasteiger partial charge in [-0.2, -0.15) is 0 Å². The van der Waals surface area contributed by atoms with E-state index in [1.165, 1.54) is 0 Å². The maximum absolute atomic E-state index is 12.0. The molecule has 2 rings (SSSR count). The summed E-state index contributed by atoms with van der Waals surface area (Å²) >= 11 is 0. The van der Waals surface area contributed by atoms with Crippen LogP contribution in [-0.2, 0) is 9.53 Å². The second-order valence-electron chi connectivity index (χ2n) is 5.64. The van der Waals surface area contributed by atoms with Crippen molar-refractivity contribution in [2.75, 3.05) is 33.9 Å². The Kier molecular flexibility index (Phi) is 3.50. The molecule has 3 heteroatoms. The van der Waals surface area contributed by atoms with Crippen molar-refractivity contribution in [1.82, 2.24) is 0 Å². The molecule has 0 spiro atoms. The van der Waals surface area contributed by atoms with Crippen molar-refractivity contribution >= 4 is 5.78 Å². The van der Waals surface area contributed by atoms with Crippen LogP contribution in [0, 0.1) is 0 Å². The minimum atomic E-state index is 0.168. The number of allylic oxidation sites excluding steroid dienone is 2. The van der Waals surface area contributed by atoms with Gasteiger partial charge in [-0.25, -0.2) is 0 Å².